The minimum Gasteiger partial charge on any atom is -0.369 e. The molecule has 0 aliphatic rings. The fourth-order valence-electron chi connectivity index (χ4n) is 2.08. The Balaban J connectivity index is 2.32. The average molecular weight is 355 g/mol. The molecule has 0 amide bonds. The van der Waals surface area contributed by atoms with Crippen LogP contribution in [0.3, 0.4) is 0 Å². The van der Waals surface area contributed by atoms with Gasteiger partial charge in [0.15, 0.2) is 0 Å². The number of nitrogen functional groups attached to an aromatic ring is 1. The first-order chi connectivity index (χ1) is 9.47. The molecule has 0 unspecified atom stereocenters. The second-order valence-electron chi connectivity index (χ2n) is 4.49. The van der Waals surface area contributed by atoms with Crippen molar-refractivity contribution in [3.8, 4) is 5.69 Å². The highest BCUT2D eigenvalue weighted by Crippen LogP contribution is 2.29. The van der Waals surface area contributed by atoms with Crippen molar-refractivity contribution < 1.29 is 4.39 Å². The summed E-state index contributed by atoms with van der Waals surface area (Å²) in [6.07, 6.45) is 0. The summed E-state index contributed by atoms with van der Waals surface area (Å²) in [7, 11) is 0. The highest BCUT2D eigenvalue weighted by molar-refractivity contribution is 9.10. The lowest BCUT2D eigenvalue weighted by Crippen LogP contribution is -2.00. The lowest BCUT2D eigenvalue weighted by atomic mass is 10.2. The Morgan fingerprint density at radius 1 is 1.30 bits per heavy atom. The Labute approximate surface area is 128 Å². The van der Waals surface area contributed by atoms with Crippen LogP contribution in [-0.2, 0) is 0 Å². The molecule has 2 aromatic carbocycles. The second-order valence-corrected chi connectivity index (χ2v) is 5.76. The Morgan fingerprint density at radius 2 is 2.05 bits per heavy atom. The number of aryl methyl sites for hydroxylation is 1. The minimum atomic E-state index is -0.371. The lowest BCUT2D eigenvalue weighted by molar-refractivity contribution is 0.623. The number of halogens is 3. The van der Waals surface area contributed by atoms with Gasteiger partial charge in [-0.25, -0.2) is 9.37 Å². The predicted octanol–water partition coefficient (Wildman–Crippen LogP) is 4.47. The summed E-state index contributed by atoms with van der Waals surface area (Å²) in [6.45, 7) is 1.92. The highest BCUT2D eigenvalue weighted by atomic mass is 79.9. The molecule has 102 valence electrons. The molecule has 20 heavy (non-hydrogen) atoms. The van der Waals surface area contributed by atoms with Crippen LogP contribution in [0.2, 0.25) is 5.02 Å². The van der Waals surface area contributed by atoms with Crippen molar-refractivity contribution in [3.63, 3.8) is 0 Å². The Bertz CT molecular complexity index is 829. The molecular formula is C14H10BrClFN3. The Hall–Kier alpha value is -1.59. The molecular weight excluding hydrogens is 345 g/mol. The minimum absolute atomic E-state index is 0.289. The lowest BCUT2D eigenvalue weighted by Gasteiger charge is -2.08. The van der Waals surface area contributed by atoms with E-state index in [-0.39, 0.29) is 11.8 Å². The van der Waals surface area contributed by atoms with Crippen LogP contribution in [0.1, 0.15) is 5.56 Å². The van der Waals surface area contributed by atoms with Gasteiger partial charge in [-0.1, -0.05) is 17.7 Å². The van der Waals surface area contributed by atoms with Crippen LogP contribution in [0.15, 0.2) is 34.8 Å². The number of hydrogen-bond donors (Lipinski definition) is 1. The summed E-state index contributed by atoms with van der Waals surface area (Å²) in [5.41, 5.74) is 8.93. The summed E-state index contributed by atoms with van der Waals surface area (Å²) >= 11 is 9.32. The summed E-state index contributed by atoms with van der Waals surface area (Å²) < 4.78 is 15.7. The number of rotatable bonds is 1. The average Bonchev–Trinajstić information content (AvgIpc) is 2.69. The predicted molar refractivity (Wildman–Crippen MR) is 82.9 cm³/mol. The van der Waals surface area contributed by atoms with Gasteiger partial charge < -0.3 is 5.73 Å². The molecule has 0 atom stereocenters. The van der Waals surface area contributed by atoms with Crippen molar-refractivity contribution in [2.75, 3.05) is 5.73 Å². The largest absolute Gasteiger partial charge is 0.369 e. The molecule has 1 aromatic heterocycles. The third kappa shape index (κ3) is 2.07. The third-order valence-corrected chi connectivity index (χ3v) is 4.15. The fourth-order valence-corrected chi connectivity index (χ4v) is 2.59. The zero-order chi connectivity index (χ0) is 14.4. The first-order valence-corrected chi connectivity index (χ1v) is 7.04. The van der Waals surface area contributed by atoms with Gasteiger partial charge in [-0.15, -0.1) is 0 Å². The normalized spacial score (nSPS) is 11.2. The zero-order valence-corrected chi connectivity index (χ0v) is 12.8. The van der Waals surface area contributed by atoms with E-state index in [1.165, 1.54) is 6.07 Å². The molecule has 3 aromatic rings. The van der Waals surface area contributed by atoms with E-state index in [1.807, 2.05) is 25.1 Å². The molecule has 0 saturated carbocycles. The van der Waals surface area contributed by atoms with Gasteiger partial charge in [0, 0.05) is 11.1 Å². The van der Waals surface area contributed by atoms with Crippen molar-refractivity contribution >= 4 is 44.5 Å². The summed E-state index contributed by atoms with van der Waals surface area (Å²) in [4.78, 5) is 4.18. The fraction of sp³-hybridized carbons (Fsp3) is 0.0714. The van der Waals surface area contributed by atoms with Gasteiger partial charge in [-0.3, -0.25) is 4.57 Å². The van der Waals surface area contributed by atoms with Gasteiger partial charge in [0.2, 0.25) is 5.95 Å². The topological polar surface area (TPSA) is 43.8 Å². The third-order valence-electron chi connectivity index (χ3n) is 3.14. The Kier molecular flexibility index (Phi) is 3.18. The van der Waals surface area contributed by atoms with Crippen LogP contribution in [0.25, 0.3) is 16.7 Å². The first kappa shape index (κ1) is 13.4. The van der Waals surface area contributed by atoms with Crippen molar-refractivity contribution in [1.82, 2.24) is 9.55 Å². The van der Waals surface area contributed by atoms with Crippen LogP contribution in [0.5, 0.6) is 0 Å². The molecule has 0 aliphatic heterocycles. The standard InChI is InChI=1S/C14H10BrClFN3/c1-7-2-3-8(4-10(7)16)20-13-5-9(15)11(17)6-12(13)19-14(20)18/h2-6H,1H3,(H2,18,19). The van der Waals surface area contributed by atoms with Crippen molar-refractivity contribution in [2.24, 2.45) is 0 Å². The van der Waals surface area contributed by atoms with Crippen molar-refractivity contribution in [1.29, 1.82) is 0 Å². The maximum absolute atomic E-state index is 13.6. The van der Waals surface area contributed by atoms with Crippen LogP contribution in [0.4, 0.5) is 10.3 Å². The van der Waals surface area contributed by atoms with Gasteiger partial charge in [0.1, 0.15) is 5.82 Å². The van der Waals surface area contributed by atoms with Gasteiger partial charge >= 0.3 is 0 Å². The highest BCUT2D eigenvalue weighted by Gasteiger charge is 2.13. The molecule has 3 rings (SSSR count). The SMILES string of the molecule is Cc1ccc(-n2c(N)nc3cc(F)c(Br)cc32)cc1Cl. The molecule has 3 nitrogen and oxygen atoms in total. The Morgan fingerprint density at radius 3 is 2.75 bits per heavy atom. The number of anilines is 1. The quantitative estimate of drug-likeness (QED) is 0.700. The smallest absolute Gasteiger partial charge is 0.205 e. The van der Waals surface area contributed by atoms with Crippen molar-refractivity contribution in [3.05, 3.63) is 51.2 Å². The zero-order valence-electron chi connectivity index (χ0n) is 10.5. The van der Waals surface area contributed by atoms with Crippen LogP contribution in [-0.4, -0.2) is 9.55 Å². The monoisotopic (exact) mass is 353 g/mol. The molecule has 2 N–H and O–H groups in total. The van der Waals surface area contributed by atoms with E-state index in [4.69, 9.17) is 17.3 Å². The van der Waals surface area contributed by atoms with Gasteiger partial charge in [-0.2, -0.15) is 0 Å². The molecule has 0 aliphatic carbocycles. The van der Waals surface area contributed by atoms with E-state index < -0.39 is 0 Å². The van der Waals surface area contributed by atoms with Crippen molar-refractivity contribution in [2.45, 2.75) is 6.92 Å². The molecule has 1 heterocycles. The van der Waals surface area contributed by atoms with E-state index in [0.29, 0.717) is 15.0 Å². The molecule has 0 radical (unpaired) electrons. The van der Waals surface area contributed by atoms with Crippen LogP contribution in [0, 0.1) is 12.7 Å². The summed E-state index contributed by atoms with van der Waals surface area (Å²) in [6, 6.07) is 8.62. The van der Waals surface area contributed by atoms with Crippen LogP contribution < -0.4 is 5.73 Å². The summed E-state index contributed by atoms with van der Waals surface area (Å²) in [5.74, 6) is -0.0819. The number of benzene rings is 2. The van der Waals surface area contributed by atoms with Crippen LogP contribution >= 0.6 is 27.5 Å². The second kappa shape index (κ2) is 4.75. The number of aromatic nitrogens is 2. The number of nitrogens with two attached hydrogens (primary N) is 1. The van der Waals surface area contributed by atoms with E-state index in [1.54, 1.807) is 10.6 Å². The van der Waals surface area contributed by atoms with E-state index in [2.05, 4.69) is 20.9 Å². The maximum Gasteiger partial charge on any atom is 0.205 e. The maximum atomic E-state index is 13.6. The number of fused-ring (bicyclic) bond motifs is 1. The van der Waals surface area contributed by atoms with Gasteiger partial charge in [0.25, 0.3) is 0 Å². The first-order valence-electron chi connectivity index (χ1n) is 5.87. The molecule has 0 bridgehead atoms. The number of imidazole rings is 1. The number of hydrogen-bond acceptors (Lipinski definition) is 2. The van der Waals surface area contributed by atoms with Gasteiger partial charge in [0.05, 0.1) is 21.2 Å². The molecule has 6 heteroatoms. The van der Waals surface area contributed by atoms with Gasteiger partial charge in [-0.05, 0) is 46.6 Å². The van der Waals surface area contributed by atoms with E-state index in [9.17, 15) is 4.39 Å². The van der Waals surface area contributed by atoms with E-state index >= 15 is 0 Å². The summed E-state index contributed by atoms with van der Waals surface area (Å²) in [5, 5.41) is 0.643. The van der Waals surface area contributed by atoms with E-state index in [0.717, 1.165) is 16.8 Å². The molecule has 0 saturated heterocycles. The molecule has 0 fully saturated rings. The number of nitrogens with zero attached hydrogens (tertiary/aromatic N) is 2. The molecule has 0 spiro atoms.